The van der Waals surface area contributed by atoms with Crippen molar-refractivity contribution in [1.29, 1.82) is 0 Å². The van der Waals surface area contributed by atoms with Gasteiger partial charge in [0.15, 0.2) is 0 Å². The fraction of sp³-hybridized carbons (Fsp3) is 0.188. The molecule has 98 valence electrons. The number of methoxy groups -OCH3 is 1. The van der Waals surface area contributed by atoms with Crippen LogP contribution in [0.3, 0.4) is 0 Å². The van der Waals surface area contributed by atoms with Crippen molar-refractivity contribution in [2.24, 2.45) is 4.99 Å². The van der Waals surface area contributed by atoms with Gasteiger partial charge in [0, 0.05) is 16.8 Å². The molecular formula is C16H16ClNO. The molecule has 1 atom stereocenters. The number of hydrogen-bond acceptors (Lipinski definition) is 2. The number of aliphatic imine (C=N–C) groups is 1. The third-order valence-corrected chi connectivity index (χ3v) is 3.16. The zero-order valence-corrected chi connectivity index (χ0v) is 11.8. The van der Waals surface area contributed by atoms with Crippen LogP contribution >= 0.6 is 11.6 Å². The van der Waals surface area contributed by atoms with Gasteiger partial charge in [0.05, 0.1) is 13.2 Å². The Morgan fingerprint density at radius 1 is 1.11 bits per heavy atom. The largest absolute Gasteiger partial charge is 0.496 e. The van der Waals surface area contributed by atoms with Gasteiger partial charge < -0.3 is 4.74 Å². The van der Waals surface area contributed by atoms with Crippen LogP contribution in [0.5, 0.6) is 5.75 Å². The lowest BCUT2D eigenvalue weighted by Gasteiger charge is -2.11. The Bertz CT molecular complexity index is 563. The maximum Gasteiger partial charge on any atom is 0.124 e. The molecule has 0 aromatic heterocycles. The summed E-state index contributed by atoms with van der Waals surface area (Å²) in [6.07, 6.45) is 1.85. The number of halogens is 1. The third-order valence-electron chi connectivity index (χ3n) is 2.91. The molecule has 0 aliphatic carbocycles. The predicted octanol–water partition coefficient (Wildman–Crippen LogP) is 4.53. The molecule has 2 rings (SSSR count). The summed E-state index contributed by atoms with van der Waals surface area (Å²) in [7, 11) is 1.68. The van der Waals surface area contributed by atoms with E-state index in [9.17, 15) is 0 Å². The third kappa shape index (κ3) is 3.58. The highest BCUT2D eigenvalue weighted by Crippen LogP contribution is 2.26. The highest BCUT2D eigenvalue weighted by atomic mass is 35.5. The van der Waals surface area contributed by atoms with E-state index in [0.717, 1.165) is 21.9 Å². The lowest BCUT2D eigenvalue weighted by molar-refractivity contribution is 0.407. The van der Waals surface area contributed by atoms with Crippen LogP contribution in [-0.2, 0) is 0 Å². The lowest BCUT2D eigenvalue weighted by atomic mass is 10.1. The van der Waals surface area contributed by atoms with Crippen molar-refractivity contribution in [3.8, 4) is 5.75 Å². The topological polar surface area (TPSA) is 21.6 Å². The van der Waals surface area contributed by atoms with Crippen LogP contribution in [0.1, 0.15) is 24.1 Å². The van der Waals surface area contributed by atoms with Crippen LogP contribution in [0.2, 0.25) is 5.02 Å². The zero-order chi connectivity index (χ0) is 13.7. The van der Waals surface area contributed by atoms with Gasteiger partial charge in [-0.2, -0.15) is 0 Å². The molecule has 0 saturated carbocycles. The second kappa shape index (κ2) is 6.39. The van der Waals surface area contributed by atoms with E-state index in [1.807, 2.05) is 61.7 Å². The molecule has 3 heteroatoms. The molecule has 0 heterocycles. The summed E-state index contributed by atoms with van der Waals surface area (Å²) >= 11 is 5.85. The molecule has 0 amide bonds. The summed E-state index contributed by atoms with van der Waals surface area (Å²) in [5, 5.41) is 0.731. The van der Waals surface area contributed by atoms with Gasteiger partial charge in [-0.1, -0.05) is 41.9 Å². The van der Waals surface area contributed by atoms with Gasteiger partial charge >= 0.3 is 0 Å². The Morgan fingerprint density at radius 3 is 2.47 bits per heavy atom. The second-order valence-corrected chi connectivity index (χ2v) is 4.68. The molecular weight excluding hydrogens is 258 g/mol. The molecule has 0 spiro atoms. The highest BCUT2D eigenvalue weighted by Gasteiger charge is 2.08. The number of hydrogen-bond donors (Lipinski definition) is 0. The molecule has 0 unspecified atom stereocenters. The van der Waals surface area contributed by atoms with Crippen molar-refractivity contribution in [2.75, 3.05) is 7.11 Å². The van der Waals surface area contributed by atoms with E-state index >= 15 is 0 Å². The van der Waals surface area contributed by atoms with E-state index in [1.165, 1.54) is 0 Å². The summed E-state index contributed by atoms with van der Waals surface area (Å²) in [6, 6.07) is 15.6. The van der Waals surface area contributed by atoms with Gasteiger partial charge in [0.1, 0.15) is 5.75 Å². The van der Waals surface area contributed by atoms with Crippen molar-refractivity contribution in [3.63, 3.8) is 0 Å². The Labute approximate surface area is 118 Å². The monoisotopic (exact) mass is 273 g/mol. The molecule has 2 aromatic rings. The van der Waals surface area contributed by atoms with Crippen LogP contribution in [0.15, 0.2) is 53.5 Å². The second-order valence-electron chi connectivity index (χ2n) is 4.25. The van der Waals surface area contributed by atoms with Crippen LogP contribution in [0.4, 0.5) is 0 Å². The number of para-hydroxylation sites is 1. The van der Waals surface area contributed by atoms with Crippen LogP contribution in [-0.4, -0.2) is 13.3 Å². The number of benzene rings is 2. The average Bonchev–Trinajstić information content (AvgIpc) is 2.46. The SMILES string of the molecule is COc1ccccc1[C@H](C)N=Cc1ccc(Cl)cc1. The van der Waals surface area contributed by atoms with E-state index in [2.05, 4.69) is 4.99 Å². The van der Waals surface area contributed by atoms with Gasteiger partial charge in [0.2, 0.25) is 0 Å². The van der Waals surface area contributed by atoms with Gasteiger partial charge in [-0.3, -0.25) is 4.99 Å². The molecule has 0 fully saturated rings. The van der Waals surface area contributed by atoms with E-state index in [4.69, 9.17) is 16.3 Å². The normalized spacial score (nSPS) is 12.6. The van der Waals surface area contributed by atoms with Crippen molar-refractivity contribution in [2.45, 2.75) is 13.0 Å². The lowest BCUT2D eigenvalue weighted by Crippen LogP contribution is -1.95. The van der Waals surface area contributed by atoms with Crippen molar-refractivity contribution in [1.82, 2.24) is 0 Å². The number of ether oxygens (including phenoxy) is 1. The fourth-order valence-corrected chi connectivity index (χ4v) is 1.96. The highest BCUT2D eigenvalue weighted by molar-refractivity contribution is 6.30. The quantitative estimate of drug-likeness (QED) is 0.750. The van der Waals surface area contributed by atoms with Gasteiger partial charge in [-0.05, 0) is 30.7 Å². The molecule has 0 N–H and O–H groups in total. The maximum atomic E-state index is 5.85. The Kier molecular flexibility index (Phi) is 4.58. The molecule has 2 nitrogen and oxygen atoms in total. The molecule has 0 bridgehead atoms. The van der Waals surface area contributed by atoms with Gasteiger partial charge in [-0.15, -0.1) is 0 Å². The van der Waals surface area contributed by atoms with Gasteiger partial charge in [-0.25, -0.2) is 0 Å². The molecule has 0 radical (unpaired) electrons. The molecule has 0 aliphatic heterocycles. The first kappa shape index (κ1) is 13.6. The maximum absolute atomic E-state index is 5.85. The van der Waals surface area contributed by atoms with Crippen LogP contribution < -0.4 is 4.74 Å². The Morgan fingerprint density at radius 2 is 1.79 bits per heavy atom. The van der Waals surface area contributed by atoms with E-state index in [0.29, 0.717) is 0 Å². The number of nitrogens with zero attached hydrogens (tertiary/aromatic N) is 1. The Hall–Kier alpha value is -1.80. The zero-order valence-electron chi connectivity index (χ0n) is 11.0. The van der Waals surface area contributed by atoms with E-state index in [1.54, 1.807) is 7.11 Å². The summed E-state index contributed by atoms with van der Waals surface area (Å²) < 4.78 is 5.34. The minimum Gasteiger partial charge on any atom is -0.496 e. The summed E-state index contributed by atoms with van der Waals surface area (Å²) in [4.78, 5) is 4.55. The van der Waals surface area contributed by atoms with Crippen molar-refractivity contribution >= 4 is 17.8 Å². The molecule has 0 saturated heterocycles. The van der Waals surface area contributed by atoms with Crippen LogP contribution in [0.25, 0.3) is 0 Å². The van der Waals surface area contributed by atoms with Gasteiger partial charge in [0.25, 0.3) is 0 Å². The fourth-order valence-electron chi connectivity index (χ4n) is 1.84. The standard InChI is InChI=1S/C16H16ClNO/c1-12(15-5-3-4-6-16(15)19-2)18-11-13-7-9-14(17)10-8-13/h3-12H,1-2H3/t12-/m0/s1. The minimum atomic E-state index is 0.0480. The number of rotatable bonds is 4. The van der Waals surface area contributed by atoms with E-state index in [-0.39, 0.29) is 6.04 Å². The summed E-state index contributed by atoms with van der Waals surface area (Å²) in [5.74, 6) is 0.864. The Balaban J connectivity index is 2.16. The van der Waals surface area contributed by atoms with Crippen LogP contribution in [0, 0.1) is 0 Å². The smallest absolute Gasteiger partial charge is 0.124 e. The molecule has 0 aliphatic rings. The first-order valence-corrected chi connectivity index (χ1v) is 6.50. The first-order valence-electron chi connectivity index (χ1n) is 6.12. The van der Waals surface area contributed by atoms with Crippen molar-refractivity contribution in [3.05, 3.63) is 64.7 Å². The summed E-state index contributed by atoms with van der Waals surface area (Å²) in [5.41, 5.74) is 2.11. The summed E-state index contributed by atoms with van der Waals surface area (Å²) in [6.45, 7) is 2.05. The average molecular weight is 274 g/mol. The van der Waals surface area contributed by atoms with E-state index < -0.39 is 0 Å². The predicted molar refractivity (Wildman–Crippen MR) is 80.5 cm³/mol. The molecule has 19 heavy (non-hydrogen) atoms. The molecule has 2 aromatic carbocycles. The first-order chi connectivity index (χ1) is 9.20. The van der Waals surface area contributed by atoms with Crippen molar-refractivity contribution < 1.29 is 4.74 Å². The minimum absolute atomic E-state index is 0.0480.